The number of carbonyl (C=O) groups excluding carboxylic acids is 1. The highest BCUT2D eigenvalue weighted by molar-refractivity contribution is 5.89. The molecule has 0 aromatic carbocycles. The fourth-order valence-electron chi connectivity index (χ4n) is 2.88. The standard InChI is InChI=1S/C15H22N2O2/c1-10-2-6-13(7-3-10)19-15(18)14-8-11(16)9-17(14)12-4-5-12/h8-10,12-13H,2-7,16H2,1H3. The molecule has 2 saturated carbocycles. The van der Waals surface area contributed by atoms with Crippen LogP contribution >= 0.6 is 0 Å². The number of nitrogens with two attached hydrogens (primary N) is 1. The molecule has 2 aliphatic carbocycles. The Labute approximate surface area is 113 Å². The molecule has 0 radical (unpaired) electrons. The van der Waals surface area contributed by atoms with E-state index in [1.54, 1.807) is 6.07 Å². The fraction of sp³-hybridized carbons (Fsp3) is 0.667. The lowest BCUT2D eigenvalue weighted by Crippen LogP contribution is -2.24. The Kier molecular flexibility index (Phi) is 3.25. The van der Waals surface area contributed by atoms with Crippen LogP contribution in [0, 0.1) is 5.92 Å². The monoisotopic (exact) mass is 262 g/mol. The summed E-state index contributed by atoms with van der Waals surface area (Å²) in [5, 5.41) is 0. The zero-order valence-corrected chi connectivity index (χ0v) is 11.5. The molecule has 1 aromatic heterocycles. The lowest BCUT2D eigenvalue weighted by molar-refractivity contribution is 0.0162. The lowest BCUT2D eigenvalue weighted by Gasteiger charge is -2.26. The van der Waals surface area contributed by atoms with E-state index in [9.17, 15) is 4.79 Å². The SMILES string of the molecule is CC1CCC(OC(=O)c2cc(N)cn2C2CC2)CC1. The van der Waals surface area contributed by atoms with E-state index in [0.29, 0.717) is 17.4 Å². The van der Waals surface area contributed by atoms with Gasteiger partial charge in [0.15, 0.2) is 0 Å². The minimum atomic E-state index is -0.205. The molecule has 0 spiro atoms. The van der Waals surface area contributed by atoms with E-state index in [-0.39, 0.29) is 12.1 Å². The highest BCUT2D eigenvalue weighted by Gasteiger charge is 2.29. The quantitative estimate of drug-likeness (QED) is 0.851. The predicted octanol–water partition coefficient (Wildman–Crippen LogP) is 3.14. The van der Waals surface area contributed by atoms with E-state index < -0.39 is 0 Å². The summed E-state index contributed by atoms with van der Waals surface area (Å²) >= 11 is 0. The number of esters is 1. The number of aromatic nitrogens is 1. The van der Waals surface area contributed by atoms with Crippen LogP contribution < -0.4 is 5.73 Å². The van der Waals surface area contributed by atoms with Gasteiger partial charge in [-0.3, -0.25) is 0 Å². The molecule has 3 rings (SSSR count). The highest BCUT2D eigenvalue weighted by Crippen LogP contribution is 2.37. The fourth-order valence-corrected chi connectivity index (χ4v) is 2.88. The van der Waals surface area contributed by atoms with Gasteiger partial charge >= 0.3 is 5.97 Å². The van der Waals surface area contributed by atoms with E-state index in [1.807, 2.05) is 10.8 Å². The van der Waals surface area contributed by atoms with Gasteiger partial charge in [-0.15, -0.1) is 0 Å². The van der Waals surface area contributed by atoms with Gasteiger partial charge in [0, 0.05) is 12.2 Å². The molecule has 2 fully saturated rings. The van der Waals surface area contributed by atoms with Gasteiger partial charge in [0.05, 0.1) is 5.69 Å². The first-order chi connectivity index (χ1) is 9.13. The van der Waals surface area contributed by atoms with Crippen LogP contribution in [-0.2, 0) is 4.74 Å². The molecule has 0 aliphatic heterocycles. The Balaban J connectivity index is 1.66. The van der Waals surface area contributed by atoms with Crippen molar-refractivity contribution in [1.82, 2.24) is 4.57 Å². The molecule has 104 valence electrons. The Morgan fingerprint density at radius 3 is 2.58 bits per heavy atom. The Morgan fingerprint density at radius 2 is 1.95 bits per heavy atom. The number of rotatable bonds is 3. The molecule has 1 aromatic rings. The molecular formula is C15H22N2O2. The minimum absolute atomic E-state index is 0.0903. The van der Waals surface area contributed by atoms with Crippen LogP contribution in [0.4, 0.5) is 5.69 Å². The van der Waals surface area contributed by atoms with Gasteiger partial charge in [-0.2, -0.15) is 0 Å². The van der Waals surface area contributed by atoms with Gasteiger partial charge in [-0.1, -0.05) is 6.92 Å². The zero-order valence-electron chi connectivity index (χ0n) is 11.5. The molecule has 0 unspecified atom stereocenters. The van der Waals surface area contributed by atoms with Crippen LogP contribution in [0.5, 0.6) is 0 Å². The third kappa shape index (κ3) is 2.77. The van der Waals surface area contributed by atoms with Crippen molar-refractivity contribution in [3.63, 3.8) is 0 Å². The summed E-state index contributed by atoms with van der Waals surface area (Å²) in [5.74, 6) is 0.559. The summed E-state index contributed by atoms with van der Waals surface area (Å²) in [6.45, 7) is 2.26. The van der Waals surface area contributed by atoms with E-state index in [4.69, 9.17) is 10.5 Å². The Hall–Kier alpha value is -1.45. The van der Waals surface area contributed by atoms with E-state index >= 15 is 0 Å². The van der Waals surface area contributed by atoms with Crippen molar-refractivity contribution < 1.29 is 9.53 Å². The molecule has 1 heterocycles. The maximum atomic E-state index is 12.3. The first-order valence-electron chi connectivity index (χ1n) is 7.32. The molecule has 0 saturated heterocycles. The lowest BCUT2D eigenvalue weighted by atomic mass is 9.89. The normalized spacial score (nSPS) is 27.2. The van der Waals surface area contributed by atoms with Gasteiger partial charge in [0.1, 0.15) is 11.8 Å². The summed E-state index contributed by atoms with van der Waals surface area (Å²) in [5.41, 5.74) is 7.08. The second-order valence-electron chi connectivity index (χ2n) is 6.08. The van der Waals surface area contributed by atoms with Crippen LogP contribution in [0.3, 0.4) is 0 Å². The van der Waals surface area contributed by atoms with Crippen LogP contribution in [0.1, 0.15) is 62.0 Å². The molecule has 0 amide bonds. The summed E-state index contributed by atoms with van der Waals surface area (Å²) in [7, 11) is 0. The van der Waals surface area contributed by atoms with Crippen molar-refractivity contribution in [3.05, 3.63) is 18.0 Å². The van der Waals surface area contributed by atoms with Crippen molar-refractivity contribution in [3.8, 4) is 0 Å². The summed E-state index contributed by atoms with van der Waals surface area (Å²) in [6, 6.07) is 2.19. The average Bonchev–Trinajstić information content (AvgIpc) is 3.15. The van der Waals surface area contributed by atoms with Crippen molar-refractivity contribution in [2.75, 3.05) is 5.73 Å². The molecular weight excluding hydrogens is 240 g/mol. The molecule has 2 aliphatic rings. The van der Waals surface area contributed by atoms with Gasteiger partial charge in [-0.25, -0.2) is 4.79 Å². The minimum Gasteiger partial charge on any atom is -0.458 e. The number of carbonyl (C=O) groups is 1. The van der Waals surface area contributed by atoms with Crippen molar-refractivity contribution in [2.45, 2.75) is 57.6 Å². The first kappa shape index (κ1) is 12.6. The van der Waals surface area contributed by atoms with E-state index in [2.05, 4.69) is 6.92 Å². The van der Waals surface area contributed by atoms with E-state index in [1.165, 1.54) is 0 Å². The smallest absolute Gasteiger partial charge is 0.355 e. The van der Waals surface area contributed by atoms with Gasteiger partial charge in [-0.05, 0) is 50.5 Å². The molecule has 0 bridgehead atoms. The van der Waals surface area contributed by atoms with Crippen LogP contribution in [0.25, 0.3) is 0 Å². The largest absolute Gasteiger partial charge is 0.458 e. The number of nitrogens with zero attached hydrogens (tertiary/aromatic N) is 1. The molecule has 4 nitrogen and oxygen atoms in total. The molecule has 0 atom stereocenters. The number of hydrogen-bond acceptors (Lipinski definition) is 3. The van der Waals surface area contributed by atoms with Gasteiger partial charge in [0.2, 0.25) is 0 Å². The Bertz CT molecular complexity index is 468. The van der Waals surface area contributed by atoms with Crippen molar-refractivity contribution in [2.24, 2.45) is 5.92 Å². The van der Waals surface area contributed by atoms with Crippen molar-refractivity contribution in [1.29, 1.82) is 0 Å². The third-order valence-corrected chi connectivity index (χ3v) is 4.26. The van der Waals surface area contributed by atoms with Gasteiger partial charge < -0.3 is 15.0 Å². The average molecular weight is 262 g/mol. The molecule has 2 N–H and O–H groups in total. The second kappa shape index (κ2) is 4.91. The molecule has 4 heteroatoms. The van der Waals surface area contributed by atoms with Gasteiger partial charge in [0.25, 0.3) is 0 Å². The maximum absolute atomic E-state index is 12.3. The zero-order chi connectivity index (χ0) is 13.4. The number of anilines is 1. The third-order valence-electron chi connectivity index (χ3n) is 4.26. The second-order valence-corrected chi connectivity index (χ2v) is 6.08. The maximum Gasteiger partial charge on any atom is 0.355 e. The number of ether oxygens (including phenoxy) is 1. The summed E-state index contributed by atoms with van der Waals surface area (Å²) in [6.07, 6.45) is 8.52. The van der Waals surface area contributed by atoms with Crippen molar-refractivity contribution >= 4 is 11.7 Å². The topological polar surface area (TPSA) is 57.2 Å². The first-order valence-corrected chi connectivity index (χ1v) is 7.32. The Morgan fingerprint density at radius 1 is 1.26 bits per heavy atom. The highest BCUT2D eigenvalue weighted by atomic mass is 16.5. The van der Waals surface area contributed by atoms with Crippen LogP contribution in [0.15, 0.2) is 12.3 Å². The van der Waals surface area contributed by atoms with Crippen LogP contribution in [-0.4, -0.2) is 16.6 Å². The summed E-state index contributed by atoms with van der Waals surface area (Å²) < 4.78 is 7.63. The molecule has 19 heavy (non-hydrogen) atoms. The predicted molar refractivity (Wildman–Crippen MR) is 74.0 cm³/mol. The van der Waals surface area contributed by atoms with Crippen LogP contribution in [0.2, 0.25) is 0 Å². The number of nitrogen functional groups attached to an aromatic ring is 1. The van der Waals surface area contributed by atoms with E-state index in [0.717, 1.165) is 44.4 Å². The summed E-state index contributed by atoms with van der Waals surface area (Å²) in [4.78, 5) is 12.3. The number of hydrogen-bond donors (Lipinski definition) is 1.